The van der Waals surface area contributed by atoms with E-state index in [1.807, 2.05) is 12.4 Å². The molecule has 0 aliphatic carbocycles. The van der Waals surface area contributed by atoms with Crippen LogP contribution in [-0.4, -0.2) is 34.2 Å². The van der Waals surface area contributed by atoms with Crippen LogP contribution >= 0.6 is 0 Å². The van der Waals surface area contributed by atoms with Crippen LogP contribution in [0.2, 0.25) is 0 Å². The lowest BCUT2D eigenvalue weighted by Crippen LogP contribution is -2.34. The summed E-state index contributed by atoms with van der Waals surface area (Å²) in [6.07, 6.45) is 12.4. The number of aryl methyl sites for hydroxylation is 2. The monoisotopic (exact) mass is 668 g/mol. The highest BCUT2D eigenvalue weighted by Gasteiger charge is 2.42. The van der Waals surface area contributed by atoms with E-state index >= 15 is 0 Å². The van der Waals surface area contributed by atoms with Crippen LogP contribution in [0.3, 0.4) is 0 Å². The zero-order chi connectivity index (χ0) is 34.8. The first kappa shape index (κ1) is 38.7. The predicted molar refractivity (Wildman–Crippen MR) is 183 cm³/mol. The van der Waals surface area contributed by atoms with Gasteiger partial charge < -0.3 is 9.47 Å². The molecule has 262 valence electrons. The Morgan fingerprint density at radius 1 is 0.729 bits per heavy atom. The molecule has 1 heterocycles. The van der Waals surface area contributed by atoms with Crippen molar-refractivity contribution in [1.29, 1.82) is 0 Å². The molecule has 0 radical (unpaired) electrons. The lowest BCUT2D eigenvalue weighted by atomic mass is 10.0. The van der Waals surface area contributed by atoms with Crippen molar-refractivity contribution in [3.63, 3.8) is 0 Å². The number of hydrogen-bond acceptors (Lipinski definition) is 6. The number of carbonyl (C=O) groups is 2. The first-order valence-electron chi connectivity index (χ1n) is 17.6. The molecule has 48 heavy (non-hydrogen) atoms. The predicted octanol–water partition coefficient (Wildman–Crippen LogP) is 11.2. The van der Waals surface area contributed by atoms with Gasteiger partial charge in [-0.1, -0.05) is 103 Å². The van der Waals surface area contributed by atoms with Crippen LogP contribution in [0.15, 0.2) is 54.9 Å². The minimum atomic E-state index is -4.65. The molecular formula is C39H51F3N2O4. The molecule has 0 aliphatic rings. The van der Waals surface area contributed by atoms with Gasteiger partial charge in [0.2, 0.25) is 0 Å². The van der Waals surface area contributed by atoms with E-state index in [1.165, 1.54) is 56.7 Å². The van der Waals surface area contributed by atoms with Gasteiger partial charge in [0.25, 0.3) is 0 Å². The molecule has 1 atom stereocenters. The standard InChI is InChI=1S/C39H51F3N2O4/c1-4-6-8-10-12-13-15-17-19-35(39(40,41)42)48-38(46)34-25-24-33(26-29(34)3)47-37(45)32-22-20-31(21-23-32)36-43-27-30(28-44-36)18-16-14-11-9-7-5-2/h20-28,35H,4-19H2,1-3H3/t35-/m0/s1. The van der Waals surface area contributed by atoms with Crippen molar-refractivity contribution in [2.24, 2.45) is 0 Å². The molecule has 2 aromatic carbocycles. The topological polar surface area (TPSA) is 78.4 Å². The molecule has 9 heteroatoms. The summed E-state index contributed by atoms with van der Waals surface area (Å²) in [5, 5.41) is 0. The fourth-order valence-corrected chi connectivity index (χ4v) is 5.54. The highest BCUT2D eigenvalue weighted by atomic mass is 19.4. The van der Waals surface area contributed by atoms with E-state index in [9.17, 15) is 22.8 Å². The molecular weight excluding hydrogens is 617 g/mol. The Balaban J connectivity index is 1.50. The van der Waals surface area contributed by atoms with Gasteiger partial charge in [0.05, 0.1) is 11.1 Å². The number of rotatable bonds is 21. The fourth-order valence-electron chi connectivity index (χ4n) is 5.54. The second-order valence-electron chi connectivity index (χ2n) is 12.6. The molecule has 0 amide bonds. The molecule has 0 aliphatic heterocycles. The first-order valence-corrected chi connectivity index (χ1v) is 17.6. The minimum absolute atomic E-state index is 0.0117. The van der Waals surface area contributed by atoms with E-state index in [0.29, 0.717) is 29.8 Å². The van der Waals surface area contributed by atoms with Crippen LogP contribution in [0.25, 0.3) is 11.4 Å². The second kappa shape index (κ2) is 20.6. The maximum Gasteiger partial charge on any atom is 0.425 e. The number of ether oxygens (including phenoxy) is 2. The number of halogens is 3. The van der Waals surface area contributed by atoms with Crippen molar-refractivity contribution < 1.29 is 32.2 Å². The number of nitrogens with zero attached hydrogens (tertiary/aromatic N) is 2. The summed E-state index contributed by atoms with van der Waals surface area (Å²) < 4.78 is 51.4. The highest BCUT2D eigenvalue weighted by molar-refractivity contribution is 5.93. The normalized spacial score (nSPS) is 12.1. The second-order valence-corrected chi connectivity index (χ2v) is 12.6. The molecule has 0 unspecified atom stereocenters. The number of alkyl halides is 3. The van der Waals surface area contributed by atoms with Crippen LogP contribution in [-0.2, 0) is 11.2 Å². The van der Waals surface area contributed by atoms with Crippen LogP contribution < -0.4 is 4.74 Å². The largest absolute Gasteiger partial charge is 0.449 e. The zero-order valence-corrected chi connectivity index (χ0v) is 28.7. The molecule has 3 aromatic rings. The summed E-state index contributed by atoms with van der Waals surface area (Å²) >= 11 is 0. The molecule has 3 rings (SSSR count). The molecule has 0 fully saturated rings. The number of esters is 2. The van der Waals surface area contributed by atoms with Crippen molar-refractivity contribution >= 4 is 11.9 Å². The third kappa shape index (κ3) is 13.4. The maximum atomic E-state index is 13.7. The van der Waals surface area contributed by atoms with E-state index in [0.717, 1.165) is 56.1 Å². The average molecular weight is 669 g/mol. The quantitative estimate of drug-likeness (QED) is 0.0638. The molecule has 0 saturated heterocycles. The Hall–Kier alpha value is -3.75. The summed E-state index contributed by atoms with van der Waals surface area (Å²) in [6.45, 7) is 5.91. The Labute approximate surface area is 283 Å². The summed E-state index contributed by atoms with van der Waals surface area (Å²) in [6, 6.07) is 10.9. The van der Waals surface area contributed by atoms with Crippen molar-refractivity contribution in [1.82, 2.24) is 9.97 Å². The highest BCUT2D eigenvalue weighted by Crippen LogP contribution is 2.29. The third-order valence-corrected chi connectivity index (χ3v) is 8.47. The van der Waals surface area contributed by atoms with E-state index in [1.54, 1.807) is 31.2 Å². The molecule has 0 spiro atoms. The average Bonchev–Trinajstić information content (AvgIpc) is 3.07. The summed E-state index contributed by atoms with van der Waals surface area (Å²) in [4.78, 5) is 34.5. The summed E-state index contributed by atoms with van der Waals surface area (Å²) in [7, 11) is 0. The van der Waals surface area contributed by atoms with Gasteiger partial charge in [0.15, 0.2) is 11.9 Å². The van der Waals surface area contributed by atoms with Crippen LogP contribution in [0, 0.1) is 6.92 Å². The van der Waals surface area contributed by atoms with Gasteiger partial charge in [0.1, 0.15) is 5.75 Å². The van der Waals surface area contributed by atoms with E-state index in [4.69, 9.17) is 9.47 Å². The Bertz CT molecular complexity index is 1390. The Morgan fingerprint density at radius 2 is 1.29 bits per heavy atom. The Kier molecular flexibility index (Phi) is 16.6. The van der Waals surface area contributed by atoms with Gasteiger partial charge >= 0.3 is 18.1 Å². The van der Waals surface area contributed by atoms with E-state index < -0.39 is 24.2 Å². The van der Waals surface area contributed by atoms with Gasteiger partial charge in [-0.2, -0.15) is 13.2 Å². The number of carbonyl (C=O) groups excluding carboxylic acids is 2. The minimum Gasteiger partial charge on any atom is -0.449 e. The SMILES string of the molecule is CCCCCCCCCC[C@H](OC(=O)c1ccc(OC(=O)c2ccc(-c3ncc(CCCCCCCC)cn3)cc2)cc1C)C(F)(F)F. The van der Waals surface area contributed by atoms with Gasteiger partial charge in [0, 0.05) is 18.0 Å². The van der Waals surface area contributed by atoms with E-state index in [2.05, 4.69) is 23.8 Å². The lowest BCUT2D eigenvalue weighted by molar-refractivity contribution is -0.206. The van der Waals surface area contributed by atoms with Crippen molar-refractivity contribution in [2.75, 3.05) is 0 Å². The first-order chi connectivity index (χ1) is 23.1. The zero-order valence-electron chi connectivity index (χ0n) is 28.7. The van der Waals surface area contributed by atoms with Gasteiger partial charge in [-0.05, 0) is 74.1 Å². The molecule has 1 aromatic heterocycles. The van der Waals surface area contributed by atoms with Gasteiger partial charge in [-0.25, -0.2) is 19.6 Å². The number of aromatic nitrogens is 2. The summed E-state index contributed by atoms with van der Waals surface area (Å²) in [5.41, 5.74) is 2.49. The third-order valence-electron chi connectivity index (χ3n) is 8.47. The van der Waals surface area contributed by atoms with Crippen molar-refractivity contribution in [3.8, 4) is 17.1 Å². The smallest absolute Gasteiger partial charge is 0.425 e. The van der Waals surface area contributed by atoms with Crippen molar-refractivity contribution in [2.45, 2.75) is 136 Å². The van der Waals surface area contributed by atoms with Crippen LogP contribution in [0.5, 0.6) is 5.75 Å². The van der Waals surface area contributed by atoms with Crippen LogP contribution in [0.4, 0.5) is 13.2 Å². The Morgan fingerprint density at radius 3 is 1.85 bits per heavy atom. The van der Waals surface area contributed by atoms with Crippen molar-refractivity contribution in [3.05, 3.63) is 77.1 Å². The molecule has 6 nitrogen and oxygen atoms in total. The summed E-state index contributed by atoms with van der Waals surface area (Å²) in [5.74, 6) is -0.950. The van der Waals surface area contributed by atoms with Gasteiger partial charge in [-0.3, -0.25) is 0 Å². The molecule has 0 saturated carbocycles. The fraction of sp³-hybridized carbons (Fsp3) is 0.538. The maximum absolute atomic E-state index is 13.7. The number of unbranched alkanes of at least 4 members (excludes halogenated alkanes) is 12. The van der Waals surface area contributed by atoms with Gasteiger partial charge in [-0.15, -0.1) is 0 Å². The molecule has 0 N–H and O–H groups in total. The number of hydrogen-bond donors (Lipinski definition) is 0. The van der Waals surface area contributed by atoms with Crippen LogP contribution in [0.1, 0.15) is 142 Å². The lowest BCUT2D eigenvalue weighted by Gasteiger charge is -2.21. The number of benzene rings is 2. The molecule has 0 bridgehead atoms. The van der Waals surface area contributed by atoms with E-state index in [-0.39, 0.29) is 17.7 Å².